The first-order chi connectivity index (χ1) is 10.00. The maximum atomic E-state index is 13.6. The highest BCUT2D eigenvalue weighted by atomic mass is 32.2. The van der Waals surface area contributed by atoms with Gasteiger partial charge in [-0.3, -0.25) is 0 Å². The van der Waals surface area contributed by atoms with E-state index in [0.29, 0.717) is 30.9 Å². The Morgan fingerprint density at radius 1 is 1.33 bits per heavy atom. The van der Waals surface area contributed by atoms with Crippen molar-refractivity contribution in [2.75, 3.05) is 43.0 Å². The van der Waals surface area contributed by atoms with Crippen molar-refractivity contribution in [1.29, 1.82) is 5.26 Å². The molecular formula is C14H18FN3O2S. The van der Waals surface area contributed by atoms with Crippen LogP contribution in [0.15, 0.2) is 18.2 Å². The number of anilines is 1. The van der Waals surface area contributed by atoms with Gasteiger partial charge in [0.1, 0.15) is 5.82 Å². The summed E-state index contributed by atoms with van der Waals surface area (Å²) >= 11 is 0. The summed E-state index contributed by atoms with van der Waals surface area (Å²) < 4.78 is 36.2. The molecule has 1 fully saturated rings. The third-order valence-electron chi connectivity index (χ3n) is 3.50. The van der Waals surface area contributed by atoms with Crippen LogP contribution in [0.2, 0.25) is 0 Å². The molecule has 0 saturated carbocycles. The molecule has 21 heavy (non-hydrogen) atoms. The van der Waals surface area contributed by atoms with E-state index >= 15 is 0 Å². The van der Waals surface area contributed by atoms with Gasteiger partial charge in [-0.05, 0) is 31.2 Å². The van der Waals surface area contributed by atoms with E-state index in [1.54, 1.807) is 12.1 Å². The average Bonchev–Trinajstić information content (AvgIpc) is 2.46. The maximum Gasteiger partial charge on any atom is 0.152 e. The van der Waals surface area contributed by atoms with E-state index in [9.17, 15) is 12.8 Å². The number of nitrogens with one attached hydrogen (secondary N) is 1. The topological polar surface area (TPSA) is 73.2 Å². The summed E-state index contributed by atoms with van der Waals surface area (Å²) in [6.07, 6.45) is 0.805. The molecule has 1 N–H and O–H groups in total. The van der Waals surface area contributed by atoms with E-state index in [-0.39, 0.29) is 11.5 Å². The van der Waals surface area contributed by atoms with Crippen molar-refractivity contribution in [1.82, 2.24) is 4.90 Å². The molecule has 1 aliphatic heterocycles. The smallest absolute Gasteiger partial charge is 0.152 e. The molecule has 0 atom stereocenters. The molecule has 5 nitrogen and oxygen atoms in total. The number of nitriles is 1. The van der Waals surface area contributed by atoms with E-state index in [1.807, 2.05) is 6.07 Å². The first kappa shape index (κ1) is 15.7. The molecule has 0 bridgehead atoms. The lowest BCUT2D eigenvalue weighted by molar-refractivity contribution is 0.294. The molecular weight excluding hydrogens is 293 g/mol. The van der Waals surface area contributed by atoms with E-state index in [1.165, 1.54) is 6.07 Å². The molecule has 1 aliphatic rings. The van der Waals surface area contributed by atoms with Crippen molar-refractivity contribution >= 4 is 15.5 Å². The number of hydrogen-bond acceptors (Lipinski definition) is 5. The summed E-state index contributed by atoms with van der Waals surface area (Å²) in [6.45, 7) is 2.55. The predicted octanol–water partition coefficient (Wildman–Crippen LogP) is 1.23. The maximum absolute atomic E-state index is 13.6. The SMILES string of the molecule is N#Cc1ccc(NCCCN2CCS(=O)(=O)CC2)c(F)c1. The molecule has 1 aromatic carbocycles. The zero-order chi connectivity index (χ0) is 15.3. The summed E-state index contributed by atoms with van der Waals surface area (Å²) in [6, 6.07) is 6.22. The molecule has 1 heterocycles. The molecule has 0 unspecified atom stereocenters. The van der Waals surface area contributed by atoms with Gasteiger partial charge < -0.3 is 10.2 Å². The normalized spacial score (nSPS) is 18.1. The van der Waals surface area contributed by atoms with E-state index in [0.717, 1.165) is 13.0 Å². The number of hydrogen-bond donors (Lipinski definition) is 1. The summed E-state index contributed by atoms with van der Waals surface area (Å²) in [5.74, 6) is 0.0214. The average molecular weight is 311 g/mol. The Kier molecular flexibility index (Phi) is 5.15. The van der Waals surface area contributed by atoms with Crippen LogP contribution in [-0.4, -0.2) is 51.0 Å². The lowest BCUT2D eigenvalue weighted by Gasteiger charge is -2.26. The Bertz CT molecular complexity index is 626. The van der Waals surface area contributed by atoms with Crippen LogP contribution in [0.5, 0.6) is 0 Å². The lowest BCUT2D eigenvalue weighted by atomic mass is 10.2. The fourth-order valence-electron chi connectivity index (χ4n) is 2.23. The fourth-order valence-corrected chi connectivity index (χ4v) is 3.50. The van der Waals surface area contributed by atoms with Crippen LogP contribution < -0.4 is 5.32 Å². The second kappa shape index (κ2) is 6.87. The van der Waals surface area contributed by atoms with E-state index < -0.39 is 15.7 Å². The Labute approximate surface area is 124 Å². The molecule has 1 saturated heterocycles. The van der Waals surface area contributed by atoms with Gasteiger partial charge in [0.2, 0.25) is 0 Å². The first-order valence-electron chi connectivity index (χ1n) is 6.86. The van der Waals surface area contributed by atoms with Crippen LogP contribution in [-0.2, 0) is 9.84 Å². The minimum Gasteiger partial charge on any atom is -0.383 e. The number of sulfone groups is 1. The fraction of sp³-hybridized carbons (Fsp3) is 0.500. The van der Waals surface area contributed by atoms with Crippen LogP contribution in [0.1, 0.15) is 12.0 Å². The number of benzene rings is 1. The van der Waals surface area contributed by atoms with Crippen LogP contribution >= 0.6 is 0 Å². The number of rotatable bonds is 5. The van der Waals surface area contributed by atoms with Gasteiger partial charge in [-0.2, -0.15) is 5.26 Å². The van der Waals surface area contributed by atoms with E-state index in [2.05, 4.69) is 10.2 Å². The Morgan fingerprint density at radius 3 is 2.67 bits per heavy atom. The second-order valence-corrected chi connectivity index (χ2v) is 7.38. The standard InChI is InChI=1S/C14H18FN3O2S/c15-13-10-12(11-16)2-3-14(13)17-4-1-5-18-6-8-21(19,20)9-7-18/h2-3,10,17H,1,4-9H2. The summed E-state index contributed by atoms with van der Waals surface area (Å²) in [5.41, 5.74) is 0.683. The minimum absolute atomic E-state index is 0.227. The van der Waals surface area contributed by atoms with Crippen LogP contribution in [0.4, 0.5) is 10.1 Å². The number of halogens is 1. The zero-order valence-electron chi connectivity index (χ0n) is 11.7. The summed E-state index contributed by atoms with van der Waals surface area (Å²) in [7, 11) is -2.83. The highest BCUT2D eigenvalue weighted by molar-refractivity contribution is 7.91. The Hall–Kier alpha value is -1.65. The van der Waals surface area contributed by atoms with Crippen LogP contribution in [0.25, 0.3) is 0 Å². The van der Waals surface area contributed by atoms with Crippen molar-refractivity contribution < 1.29 is 12.8 Å². The molecule has 114 valence electrons. The van der Waals surface area contributed by atoms with Crippen molar-refractivity contribution in [3.8, 4) is 6.07 Å². The molecule has 1 aromatic rings. The van der Waals surface area contributed by atoms with Gasteiger partial charge in [0.05, 0.1) is 28.8 Å². The van der Waals surface area contributed by atoms with Crippen LogP contribution in [0, 0.1) is 17.1 Å². The van der Waals surface area contributed by atoms with Gasteiger partial charge in [-0.15, -0.1) is 0 Å². The summed E-state index contributed by atoms with van der Waals surface area (Å²) in [5, 5.41) is 11.7. The first-order valence-corrected chi connectivity index (χ1v) is 8.68. The van der Waals surface area contributed by atoms with Crippen molar-refractivity contribution in [3.63, 3.8) is 0 Å². The Morgan fingerprint density at radius 2 is 2.05 bits per heavy atom. The third-order valence-corrected chi connectivity index (χ3v) is 5.11. The quantitative estimate of drug-likeness (QED) is 0.828. The lowest BCUT2D eigenvalue weighted by Crippen LogP contribution is -2.41. The molecule has 2 rings (SSSR count). The van der Waals surface area contributed by atoms with Gasteiger partial charge in [-0.1, -0.05) is 0 Å². The largest absolute Gasteiger partial charge is 0.383 e. The van der Waals surface area contributed by atoms with Gasteiger partial charge in [0, 0.05) is 19.6 Å². The van der Waals surface area contributed by atoms with Crippen molar-refractivity contribution in [2.45, 2.75) is 6.42 Å². The van der Waals surface area contributed by atoms with Crippen molar-refractivity contribution in [2.24, 2.45) is 0 Å². The third kappa shape index (κ3) is 4.69. The van der Waals surface area contributed by atoms with Gasteiger partial charge >= 0.3 is 0 Å². The molecule has 0 aromatic heterocycles. The van der Waals surface area contributed by atoms with Gasteiger partial charge in [0.15, 0.2) is 9.84 Å². The van der Waals surface area contributed by atoms with E-state index in [4.69, 9.17) is 5.26 Å². The monoisotopic (exact) mass is 311 g/mol. The molecule has 0 spiro atoms. The molecule has 0 aliphatic carbocycles. The zero-order valence-corrected chi connectivity index (χ0v) is 12.5. The van der Waals surface area contributed by atoms with Crippen molar-refractivity contribution in [3.05, 3.63) is 29.6 Å². The Balaban J connectivity index is 1.72. The second-order valence-electron chi connectivity index (χ2n) is 5.08. The van der Waals surface area contributed by atoms with Gasteiger partial charge in [-0.25, -0.2) is 12.8 Å². The highest BCUT2D eigenvalue weighted by Crippen LogP contribution is 2.15. The molecule has 0 radical (unpaired) electrons. The van der Waals surface area contributed by atoms with Crippen LogP contribution in [0.3, 0.4) is 0 Å². The summed E-state index contributed by atoms with van der Waals surface area (Å²) in [4.78, 5) is 2.11. The van der Waals surface area contributed by atoms with Gasteiger partial charge in [0.25, 0.3) is 0 Å². The minimum atomic E-state index is -2.83. The molecule has 0 amide bonds. The highest BCUT2D eigenvalue weighted by Gasteiger charge is 2.20. The number of nitrogens with zero attached hydrogens (tertiary/aromatic N) is 2. The predicted molar refractivity (Wildman–Crippen MR) is 79.3 cm³/mol. The molecule has 7 heteroatoms.